The van der Waals surface area contributed by atoms with Gasteiger partial charge in [-0.2, -0.15) is 0 Å². The van der Waals surface area contributed by atoms with Gasteiger partial charge < -0.3 is 0 Å². The SMILES string of the molecule is CC(C)c1ccc(C2CCN(Cc3ccccc3)C2)cc1. The highest BCUT2D eigenvalue weighted by Gasteiger charge is 2.23. The van der Waals surface area contributed by atoms with Crippen molar-refractivity contribution in [2.24, 2.45) is 0 Å². The van der Waals surface area contributed by atoms with E-state index in [4.69, 9.17) is 0 Å². The van der Waals surface area contributed by atoms with Gasteiger partial charge in [0.05, 0.1) is 0 Å². The molecule has 0 N–H and O–H groups in total. The second-order valence-electron chi connectivity index (χ2n) is 6.53. The number of nitrogens with zero attached hydrogens (tertiary/aromatic N) is 1. The summed E-state index contributed by atoms with van der Waals surface area (Å²) in [5, 5.41) is 0. The minimum absolute atomic E-state index is 0.622. The van der Waals surface area contributed by atoms with Crippen LogP contribution in [0.25, 0.3) is 0 Å². The van der Waals surface area contributed by atoms with Crippen molar-refractivity contribution in [1.82, 2.24) is 4.90 Å². The van der Waals surface area contributed by atoms with E-state index < -0.39 is 0 Å². The van der Waals surface area contributed by atoms with Crippen molar-refractivity contribution in [2.45, 2.75) is 38.6 Å². The van der Waals surface area contributed by atoms with Gasteiger partial charge in [0, 0.05) is 13.1 Å². The van der Waals surface area contributed by atoms with Crippen molar-refractivity contribution >= 4 is 0 Å². The van der Waals surface area contributed by atoms with Crippen LogP contribution in [0.5, 0.6) is 0 Å². The molecule has 2 aromatic carbocycles. The van der Waals surface area contributed by atoms with E-state index in [1.165, 1.54) is 36.2 Å². The Hall–Kier alpha value is -1.60. The monoisotopic (exact) mass is 279 g/mol. The highest BCUT2D eigenvalue weighted by atomic mass is 15.1. The lowest BCUT2D eigenvalue weighted by molar-refractivity contribution is 0.327. The summed E-state index contributed by atoms with van der Waals surface area (Å²) in [6.07, 6.45) is 1.29. The Morgan fingerprint density at radius 2 is 1.71 bits per heavy atom. The fraction of sp³-hybridized carbons (Fsp3) is 0.400. The van der Waals surface area contributed by atoms with Crippen LogP contribution in [0.4, 0.5) is 0 Å². The molecular weight excluding hydrogens is 254 g/mol. The van der Waals surface area contributed by atoms with E-state index in [2.05, 4.69) is 73.3 Å². The van der Waals surface area contributed by atoms with Crippen molar-refractivity contribution in [3.63, 3.8) is 0 Å². The zero-order chi connectivity index (χ0) is 14.7. The van der Waals surface area contributed by atoms with E-state index in [9.17, 15) is 0 Å². The van der Waals surface area contributed by atoms with Crippen LogP contribution in [0.2, 0.25) is 0 Å². The molecule has 0 bridgehead atoms. The Bertz CT molecular complexity index is 556. The summed E-state index contributed by atoms with van der Waals surface area (Å²) < 4.78 is 0. The summed E-state index contributed by atoms with van der Waals surface area (Å²) in [6, 6.07) is 20.1. The number of benzene rings is 2. The van der Waals surface area contributed by atoms with Crippen LogP contribution in [0, 0.1) is 0 Å². The van der Waals surface area contributed by atoms with Gasteiger partial charge in [-0.25, -0.2) is 0 Å². The summed E-state index contributed by atoms with van der Waals surface area (Å²) in [7, 11) is 0. The minimum Gasteiger partial charge on any atom is -0.298 e. The Kier molecular flexibility index (Phi) is 4.40. The summed E-state index contributed by atoms with van der Waals surface area (Å²) in [5.41, 5.74) is 4.38. The van der Waals surface area contributed by atoms with Gasteiger partial charge in [-0.3, -0.25) is 4.90 Å². The maximum Gasteiger partial charge on any atom is 0.0233 e. The lowest BCUT2D eigenvalue weighted by Crippen LogP contribution is -2.19. The summed E-state index contributed by atoms with van der Waals surface area (Å²) >= 11 is 0. The summed E-state index contributed by atoms with van der Waals surface area (Å²) in [4.78, 5) is 2.58. The smallest absolute Gasteiger partial charge is 0.0233 e. The van der Waals surface area contributed by atoms with Crippen molar-refractivity contribution < 1.29 is 0 Å². The van der Waals surface area contributed by atoms with Gasteiger partial charge in [-0.15, -0.1) is 0 Å². The molecule has 21 heavy (non-hydrogen) atoms. The molecule has 1 heterocycles. The van der Waals surface area contributed by atoms with Gasteiger partial charge in [0.2, 0.25) is 0 Å². The average molecular weight is 279 g/mol. The van der Waals surface area contributed by atoms with Crippen LogP contribution in [-0.2, 0) is 6.54 Å². The molecular formula is C20H25N. The molecule has 1 fully saturated rings. The molecule has 1 atom stereocenters. The fourth-order valence-electron chi connectivity index (χ4n) is 3.24. The van der Waals surface area contributed by atoms with Crippen LogP contribution in [-0.4, -0.2) is 18.0 Å². The number of hydrogen-bond donors (Lipinski definition) is 0. The average Bonchev–Trinajstić information content (AvgIpc) is 2.97. The van der Waals surface area contributed by atoms with Gasteiger partial charge in [-0.05, 0) is 41.5 Å². The molecule has 1 aliphatic rings. The highest BCUT2D eigenvalue weighted by molar-refractivity contribution is 5.28. The second-order valence-corrected chi connectivity index (χ2v) is 6.53. The predicted molar refractivity (Wildman–Crippen MR) is 89.6 cm³/mol. The minimum atomic E-state index is 0.622. The second kappa shape index (κ2) is 6.44. The molecule has 2 aromatic rings. The topological polar surface area (TPSA) is 3.24 Å². The first-order chi connectivity index (χ1) is 10.2. The molecule has 1 nitrogen and oxygen atoms in total. The molecule has 1 unspecified atom stereocenters. The number of hydrogen-bond acceptors (Lipinski definition) is 1. The molecule has 0 spiro atoms. The largest absolute Gasteiger partial charge is 0.298 e. The zero-order valence-corrected chi connectivity index (χ0v) is 13.1. The van der Waals surface area contributed by atoms with E-state index >= 15 is 0 Å². The summed E-state index contributed by atoms with van der Waals surface area (Å²) in [6.45, 7) is 8.00. The molecule has 0 radical (unpaired) electrons. The molecule has 0 aliphatic carbocycles. The molecule has 3 rings (SSSR count). The Balaban J connectivity index is 1.61. The normalized spacial score (nSPS) is 19.3. The third kappa shape index (κ3) is 3.54. The molecule has 0 saturated carbocycles. The van der Waals surface area contributed by atoms with E-state index in [1.807, 2.05) is 0 Å². The van der Waals surface area contributed by atoms with Crippen molar-refractivity contribution in [2.75, 3.05) is 13.1 Å². The van der Waals surface area contributed by atoms with Crippen molar-refractivity contribution in [1.29, 1.82) is 0 Å². The van der Waals surface area contributed by atoms with Crippen LogP contribution >= 0.6 is 0 Å². The van der Waals surface area contributed by atoms with Gasteiger partial charge in [-0.1, -0.05) is 68.4 Å². The van der Waals surface area contributed by atoms with Crippen molar-refractivity contribution in [3.05, 3.63) is 71.3 Å². The van der Waals surface area contributed by atoms with Crippen LogP contribution in [0.3, 0.4) is 0 Å². The maximum atomic E-state index is 2.58. The Morgan fingerprint density at radius 1 is 1.00 bits per heavy atom. The first-order valence-corrected chi connectivity index (χ1v) is 8.08. The molecule has 110 valence electrons. The standard InChI is InChI=1S/C20H25N/c1-16(2)18-8-10-19(11-9-18)20-12-13-21(15-20)14-17-6-4-3-5-7-17/h3-11,16,20H,12-15H2,1-2H3. The van der Waals surface area contributed by atoms with E-state index in [1.54, 1.807) is 0 Å². The highest BCUT2D eigenvalue weighted by Crippen LogP contribution is 2.29. The third-order valence-corrected chi connectivity index (χ3v) is 4.60. The maximum absolute atomic E-state index is 2.58. The zero-order valence-electron chi connectivity index (χ0n) is 13.1. The third-order valence-electron chi connectivity index (χ3n) is 4.60. The first-order valence-electron chi connectivity index (χ1n) is 8.08. The van der Waals surface area contributed by atoms with Gasteiger partial charge in [0.25, 0.3) is 0 Å². The van der Waals surface area contributed by atoms with Crippen LogP contribution in [0.15, 0.2) is 54.6 Å². The first kappa shape index (κ1) is 14.3. The van der Waals surface area contributed by atoms with E-state index in [0.29, 0.717) is 11.8 Å². The molecule has 1 aliphatic heterocycles. The lowest BCUT2D eigenvalue weighted by Gasteiger charge is -2.16. The summed E-state index contributed by atoms with van der Waals surface area (Å²) in [5.74, 6) is 1.33. The molecule has 0 amide bonds. The van der Waals surface area contributed by atoms with E-state index in [-0.39, 0.29) is 0 Å². The molecule has 0 aromatic heterocycles. The Morgan fingerprint density at radius 3 is 2.38 bits per heavy atom. The number of likely N-dealkylation sites (tertiary alicyclic amines) is 1. The molecule has 1 heteroatoms. The van der Waals surface area contributed by atoms with Gasteiger partial charge >= 0.3 is 0 Å². The van der Waals surface area contributed by atoms with Gasteiger partial charge in [0.15, 0.2) is 0 Å². The quantitative estimate of drug-likeness (QED) is 0.777. The lowest BCUT2D eigenvalue weighted by atomic mass is 9.95. The number of rotatable bonds is 4. The predicted octanol–water partition coefficient (Wildman–Crippen LogP) is 4.80. The van der Waals surface area contributed by atoms with Crippen LogP contribution < -0.4 is 0 Å². The van der Waals surface area contributed by atoms with Crippen LogP contribution in [0.1, 0.15) is 48.8 Å². The fourth-order valence-corrected chi connectivity index (χ4v) is 3.24. The van der Waals surface area contributed by atoms with E-state index in [0.717, 1.165) is 6.54 Å². The van der Waals surface area contributed by atoms with Gasteiger partial charge in [0.1, 0.15) is 0 Å². The molecule has 1 saturated heterocycles. The van der Waals surface area contributed by atoms with Crippen molar-refractivity contribution in [3.8, 4) is 0 Å². The Labute approximate surface area is 128 Å².